The third-order valence-electron chi connectivity index (χ3n) is 3.59. The molecule has 0 aromatic heterocycles. The second kappa shape index (κ2) is 10.8. The fraction of sp³-hybridized carbons (Fsp3) is 0.263. The van der Waals surface area contributed by atoms with Crippen LogP contribution in [0.1, 0.15) is 31.7 Å². The zero-order valence-corrected chi connectivity index (χ0v) is 17.6. The fourth-order valence-corrected chi connectivity index (χ4v) is 3.23. The Hall–Kier alpha value is -1.46. The van der Waals surface area contributed by atoms with Gasteiger partial charge in [0, 0.05) is 22.0 Å². The fourth-order valence-electron chi connectivity index (χ4n) is 2.25. The second-order valence-corrected chi connectivity index (χ2v) is 7.29. The van der Waals surface area contributed by atoms with Gasteiger partial charge in [-0.2, -0.15) is 5.10 Å². The maximum absolute atomic E-state index is 12.0. The summed E-state index contributed by atoms with van der Waals surface area (Å²) < 4.78 is 5.55. The Labute approximate surface area is 178 Å². The van der Waals surface area contributed by atoms with Gasteiger partial charge in [0.1, 0.15) is 5.75 Å². The largest absolute Gasteiger partial charge is 0.492 e. The molecule has 0 bridgehead atoms. The van der Waals surface area contributed by atoms with Crippen LogP contribution in [-0.4, -0.2) is 18.2 Å². The van der Waals surface area contributed by atoms with E-state index in [4.69, 9.17) is 51.1 Å². The number of hydrogen-bond donors (Lipinski definition) is 1. The van der Waals surface area contributed by atoms with E-state index >= 15 is 0 Å². The number of nitrogens with zero attached hydrogens (tertiary/aromatic N) is 1. The first-order valence-electron chi connectivity index (χ1n) is 8.29. The van der Waals surface area contributed by atoms with Crippen molar-refractivity contribution in [2.24, 2.45) is 5.10 Å². The molecule has 4 nitrogen and oxygen atoms in total. The molecule has 0 aliphatic carbocycles. The zero-order chi connectivity index (χ0) is 19.8. The number of hydrogen-bond acceptors (Lipinski definition) is 3. The molecule has 1 amide bonds. The molecule has 1 N–H and O–H groups in total. The summed E-state index contributed by atoms with van der Waals surface area (Å²) in [7, 11) is 0. The van der Waals surface area contributed by atoms with Crippen LogP contribution >= 0.6 is 46.4 Å². The first-order chi connectivity index (χ1) is 12.9. The van der Waals surface area contributed by atoms with E-state index in [1.807, 2.05) is 6.92 Å². The molecular formula is C19H18Cl4N2O2. The second-order valence-electron chi connectivity index (χ2n) is 5.60. The van der Waals surface area contributed by atoms with Crippen LogP contribution in [0.2, 0.25) is 20.1 Å². The van der Waals surface area contributed by atoms with E-state index in [1.165, 1.54) is 0 Å². The number of benzene rings is 2. The predicted molar refractivity (Wildman–Crippen MR) is 113 cm³/mol. The molecule has 0 radical (unpaired) electrons. The predicted octanol–water partition coefficient (Wildman–Crippen LogP) is 6.39. The lowest BCUT2D eigenvalue weighted by atomic mass is 10.1. The highest BCUT2D eigenvalue weighted by molar-refractivity contribution is 6.37. The molecule has 0 aliphatic rings. The standard InChI is InChI=1S/C19H18Cl4N2O2/c1-2-17(14-7-5-12(20)10-15(14)22)24-25-19(26)4-3-9-27-18-8-6-13(21)11-16(18)23/h5-8,10-11H,2-4,9H2,1H3,(H,25,26)/b24-17+. The van der Waals surface area contributed by atoms with Crippen molar-refractivity contribution in [2.45, 2.75) is 26.2 Å². The van der Waals surface area contributed by atoms with Crippen molar-refractivity contribution in [3.8, 4) is 5.75 Å². The van der Waals surface area contributed by atoms with E-state index < -0.39 is 0 Å². The molecule has 0 spiro atoms. The van der Waals surface area contributed by atoms with Crippen LogP contribution in [0.3, 0.4) is 0 Å². The van der Waals surface area contributed by atoms with E-state index in [9.17, 15) is 4.79 Å². The normalized spacial score (nSPS) is 11.4. The molecule has 0 saturated carbocycles. The van der Waals surface area contributed by atoms with Gasteiger partial charge in [-0.15, -0.1) is 0 Å². The van der Waals surface area contributed by atoms with Gasteiger partial charge in [0.2, 0.25) is 5.91 Å². The van der Waals surface area contributed by atoms with Crippen LogP contribution in [-0.2, 0) is 4.79 Å². The minimum absolute atomic E-state index is 0.211. The van der Waals surface area contributed by atoms with Crippen LogP contribution in [0.4, 0.5) is 0 Å². The van der Waals surface area contributed by atoms with Gasteiger partial charge in [0.05, 0.1) is 22.4 Å². The molecule has 0 aliphatic heterocycles. The first-order valence-corrected chi connectivity index (χ1v) is 9.80. The SMILES string of the molecule is CC/C(=N\NC(=O)CCCOc1ccc(Cl)cc1Cl)c1ccc(Cl)cc1Cl. The molecule has 0 fully saturated rings. The molecule has 0 saturated heterocycles. The number of amides is 1. The van der Waals surface area contributed by atoms with Gasteiger partial charge in [-0.3, -0.25) is 4.79 Å². The molecule has 27 heavy (non-hydrogen) atoms. The van der Waals surface area contributed by atoms with Gasteiger partial charge in [-0.1, -0.05) is 59.4 Å². The van der Waals surface area contributed by atoms with Crippen molar-refractivity contribution in [3.63, 3.8) is 0 Å². The zero-order valence-electron chi connectivity index (χ0n) is 14.6. The van der Waals surface area contributed by atoms with Crippen molar-refractivity contribution in [1.29, 1.82) is 0 Å². The number of rotatable bonds is 8. The Morgan fingerprint density at radius 1 is 1.04 bits per heavy atom. The van der Waals surface area contributed by atoms with Gasteiger partial charge in [0.25, 0.3) is 0 Å². The molecule has 0 heterocycles. The lowest BCUT2D eigenvalue weighted by Crippen LogP contribution is -2.20. The van der Waals surface area contributed by atoms with Crippen molar-refractivity contribution in [1.82, 2.24) is 5.43 Å². The van der Waals surface area contributed by atoms with E-state index in [-0.39, 0.29) is 12.3 Å². The number of carbonyl (C=O) groups excluding carboxylic acids is 1. The van der Waals surface area contributed by atoms with Crippen LogP contribution in [0.5, 0.6) is 5.75 Å². The molecule has 144 valence electrons. The Bertz CT molecular complexity index is 840. The van der Waals surface area contributed by atoms with Gasteiger partial charge in [-0.25, -0.2) is 5.43 Å². The van der Waals surface area contributed by atoms with E-state index in [0.717, 1.165) is 5.56 Å². The highest BCUT2D eigenvalue weighted by Crippen LogP contribution is 2.27. The third-order valence-corrected chi connectivity index (χ3v) is 4.67. The lowest BCUT2D eigenvalue weighted by molar-refractivity contribution is -0.121. The number of ether oxygens (including phenoxy) is 1. The highest BCUT2D eigenvalue weighted by atomic mass is 35.5. The van der Waals surface area contributed by atoms with Crippen LogP contribution < -0.4 is 10.2 Å². The van der Waals surface area contributed by atoms with Gasteiger partial charge >= 0.3 is 0 Å². The maximum Gasteiger partial charge on any atom is 0.240 e. The van der Waals surface area contributed by atoms with Gasteiger partial charge in [-0.05, 0) is 43.2 Å². The van der Waals surface area contributed by atoms with E-state index in [1.54, 1.807) is 36.4 Å². The minimum Gasteiger partial charge on any atom is -0.492 e. The lowest BCUT2D eigenvalue weighted by Gasteiger charge is -2.09. The molecule has 2 rings (SSSR count). The first kappa shape index (κ1) is 21.8. The average Bonchev–Trinajstić information content (AvgIpc) is 2.62. The summed E-state index contributed by atoms with van der Waals surface area (Å²) in [5.41, 5.74) is 3.97. The molecule has 0 atom stereocenters. The number of carbonyl (C=O) groups is 1. The highest BCUT2D eigenvalue weighted by Gasteiger charge is 2.09. The smallest absolute Gasteiger partial charge is 0.240 e. The summed E-state index contributed by atoms with van der Waals surface area (Å²) in [6.07, 6.45) is 1.39. The summed E-state index contributed by atoms with van der Waals surface area (Å²) in [6, 6.07) is 10.1. The summed E-state index contributed by atoms with van der Waals surface area (Å²) in [5, 5.41) is 6.19. The van der Waals surface area contributed by atoms with Crippen LogP contribution in [0, 0.1) is 0 Å². The Balaban J connectivity index is 1.83. The molecule has 8 heteroatoms. The summed E-state index contributed by atoms with van der Waals surface area (Å²) in [4.78, 5) is 12.0. The van der Waals surface area contributed by atoms with Crippen molar-refractivity contribution in [3.05, 3.63) is 62.1 Å². The molecule has 0 unspecified atom stereocenters. The van der Waals surface area contributed by atoms with Gasteiger partial charge < -0.3 is 4.74 Å². The summed E-state index contributed by atoms with van der Waals surface area (Å²) >= 11 is 24.0. The number of halogens is 4. The number of nitrogens with one attached hydrogen (secondary N) is 1. The van der Waals surface area contributed by atoms with E-state index in [2.05, 4.69) is 10.5 Å². The summed E-state index contributed by atoms with van der Waals surface area (Å²) in [6.45, 7) is 2.28. The Morgan fingerprint density at radius 3 is 2.33 bits per heavy atom. The Morgan fingerprint density at radius 2 is 1.70 bits per heavy atom. The summed E-state index contributed by atoms with van der Waals surface area (Å²) in [5.74, 6) is 0.321. The third kappa shape index (κ3) is 6.89. The molecule has 2 aromatic rings. The van der Waals surface area contributed by atoms with Crippen LogP contribution in [0.15, 0.2) is 41.5 Å². The quantitative estimate of drug-likeness (QED) is 0.289. The van der Waals surface area contributed by atoms with Crippen LogP contribution in [0.25, 0.3) is 0 Å². The topological polar surface area (TPSA) is 50.7 Å². The molecule has 2 aromatic carbocycles. The van der Waals surface area contributed by atoms with Crippen molar-refractivity contribution < 1.29 is 9.53 Å². The van der Waals surface area contributed by atoms with E-state index in [0.29, 0.717) is 51.0 Å². The van der Waals surface area contributed by atoms with Gasteiger partial charge in [0.15, 0.2) is 0 Å². The molecular weight excluding hydrogens is 430 g/mol. The maximum atomic E-state index is 12.0. The number of hydrazone groups is 1. The minimum atomic E-state index is -0.211. The van der Waals surface area contributed by atoms with Crippen molar-refractivity contribution in [2.75, 3.05) is 6.61 Å². The monoisotopic (exact) mass is 446 g/mol. The Kier molecular flexibility index (Phi) is 8.71. The van der Waals surface area contributed by atoms with Crippen molar-refractivity contribution >= 4 is 58.0 Å². The average molecular weight is 448 g/mol.